The molecule has 0 aliphatic carbocycles. The van der Waals surface area contributed by atoms with Gasteiger partial charge in [0, 0.05) is 31.2 Å². The molecule has 0 fully saturated rings. The lowest BCUT2D eigenvalue weighted by Gasteiger charge is -2.03. The number of hydrogen-bond donors (Lipinski definition) is 1. The minimum atomic E-state index is -0.284. The Morgan fingerprint density at radius 3 is 3.00 bits per heavy atom. The molecule has 3 N–H and O–H groups in total. The van der Waals surface area contributed by atoms with Gasteiger partial charge in [-0.3, -0.25) is 0 Å². The van der Waals surface area contributed by atoms with Crippen molar-refractivity contribution in [2.45, 2.75) is 32.7 Å². The SMILES string of the molecule is CCCn1cnc(C/C(=C\CC[NH3+])C(=O)OC)c1. The van der Waals surface area contributed by atoms with Crippen LogP contribution in [0.15, 0.2) is 24.2 Å². The molecule has 0 aromatic carbocycles. The van der Waals surface area contributed by atoms with Gasteiger partial charge in [-0.2, -0.15) is 0 Å². The van der Waals surface area contributed by atoms with Gasteiger partial charge in [0.15, 0.2) is 0 Å². The number of rotatable bonds is 7. The lowest BCUT2D eigenvalue weighted by molar-refractivity contribution is -0.366. The van der Waals surface area contributed by atoms with E-state index in [1.807, 2.05) is 16.8 Å². The zero-order valence-corrected chi connectivity index (χ0v) is 11.2. The molecule has 1 aromatic heterocycles. The van der Waals surface area contributed by atoms with Gasteiger partial charge in [-0.05, 0) is 6.42 Å². The van der Waals surface area contributed by atoms with Crippen molar-refractivity contribution in [2.75, 3.05) is 13.7 Å². The molecule has 0 aliphatic heterocycles. The molecule has 0 spiro atoms. The number of aromatic nitrogens is 2. The van der Waals surface area contributed by atoms with Gasteiger partial charge in [0.25, 0.3) is 0 Å². The first-order chi connectivity index (χ1) is 8.71. The van der Waals surface area contributed by atoms with Crippen LogP contribution in [0, 0.1) is 0 Å². The first-order valence-corrected chi connectivity index (χ1v) is 6.28. The summed E-state index contributed by atoms with van der Waals surface area (Å²) < 4.78 is 6.81. The van der Waals surface area contributed by atoms with E-state index in [1.54, 1.807) is 6.33 Å². The number of carbonyl (C=O) groups excluding carboxylic acids is 1. The van der Waals surface area contributed by atoms with Gasteiger partial charge in [0.2, 0.25) is 0 Å². The molecule has 0 bridgehead atoms. The molecule has 0 saturated carbocycles. The summed E-state index contributed by atoms with van der Waals surface area (Å²) in [4.78, 5) is 15.9. The van der Waals surface area contributed by atoms with E-state index in [9.17, 15) is 4.79 Å². The van der Waals surface area contributed by atoms with E-state index in [-0.39, 0.29) is 5.97 Å². The highest BCUT2D eigenvalue weighted by Gasteiger charge is 2.11. The smallest absolute Gasteiger partial charge is 0.333 e. The van der Waals surface area contributed by atoms with Crippen molar-refractivity contribution in [3.8, 4) is 0 Å². The maximum atomic E-state index is 11.6. The average molecular weight is 252 g/mol. The summed E-state index contributed by atoms with van der Waals surface area (Å²) in [5, 5.41) is 0. The summed E-state index contributed by atoms with van der Waals surface area (Å²) in [5.41, 5.74) is 5.31. The standard InChI is InChI=1S/C13H21N3O2/c1-3-7-16-9-12(15-10-16)8-11(5-4-6-14)13(17)18-2/h5,9-10H,3-4,6-8,14H2,1-2H3/p+1/b11-5+. The Bertz CT molecular complexity index is 410. The van der Waals surface area contributed by atoms with Gasteiger partial charge in [-0.25, -0.2) is 9.78 Å². The van der Waals surface area contributed by atoms with Gasteiger partial charge in [0.1, 0.15) is 0 Å². The Labute approximate surface area is 108 Å². The third kappa shape index (κ3) is 4.33. The van der Waals surface area contributed by atoms with Crippen LogP contribution in [0.2, 0.25) is 0 Å². The van der Waals surface area contributed by atoms with Crippen molar-refractivity contribution in [2.24, 2.45) is 0 Å². The maximum Gasteiger partial charge on any atom is 0.333 e. The van der Waals surface area contributed by atoms with Gasteiger partial charge in [-0.1, -0.05) is 13.0 Å². The predicted molar refractivity (Wildman–Crippen MR) is 68.7 cm³/mol. The summed E-state index contributed by atoms with van der Waals surface area (Å²) in [6.07, 6.45) is 8.03. The third-order valence-corrected chi connectivity index (χ3v) is 2.58. The second-order valence-electron chi connectivity index (χ2n) is 4.14. The number of ether oxygens (including phenoxy) is 1. The molecule has 0 unspecified atom stereocenters. The highest BCUT2D eigenvalue weighted by molar-refractivity contribution is 5.88. The summed E-state index contributed by atoms with van der Waals surface area (Å²) in [6.45, 7) is 3.83. The summed E-state index contributed by atoms with van der Waals surface area (Å²) in [6, 6.07) is 0. The van der Waals surface area contributed by atoms with E-state index >= 15 is 0 Å². The summed E-state index contributed by atoms with van der Waals surface area (Å²) >= 11 is 0. The first kappa shape index (κ1) is 14.4. The summed E-state index contributed by atoms with van der Waals surface area (Å²) in [7, 11) is 1.40. The molecule has 100 valence electrons. The molecule has 0 radical (unpaired) electrons. The van der Waals surface area contributed by atoms with Crippen LogP contribution in [-0.2, 0) is 22.5 Å². The van der Waals surface area contributed by atoms with Crippen molar-refractivity contribution in [3.63, 3.8) is 0 Å². The Hall–Kier alpha value is -1.62. The second kappa shape index (κ2) is 7.66. The Kier molecular flexibility index (Phi) is 6.14. The number of quaternary nitrogens is 1. The van der Waals surface area contributed by atoms with Gasteiger partial charge >= 0.3 is 5.97 Å². The number of hydrogen-bond acceptors (Lipinski definition) is 3. The van der Waals surface area contributed by atoms with E-state index in [0.29, 0.717) is 12.0 Å². The monoisotopic (exact) mass is 252 g/mol. The molecule has 0 amide bonds. The molecule has 0 atom stereocenters. The van der Waals surface area contributed by atoms with Crippen molar-refractivity contribution in [3.05, 3.63) is 29.9 Å². The Morgan fingerprint density at radius 1 is 1.61 bits per heavy atom. The second-order valence-corrected chi connectivity index (χ2v) is 4.14. The third-order valence-electron chi connectivity index (χ3n) is 2.58. The zero-order valence-electron chi connectivity index (χ0n) is 11.2. The average Bonchev–Trinajstić information content (AvgIpc) is 2.81. The van der Waals surface area contributed by atoms with Crippen LogP contribution in [0.5, 0.6) is 0 Å². The molecule has 1 aromatic rings. The van der Waals surface area contributed by atoms with Crippen LogP contribution < -0.4 is 5.73 Å². The van der Waals surface area contributed by atoms with Crippen molar-refractivity contribution in [1.29, 1.82) is 0 Å². The van der Waals surface area contributed by atoms with Crippen LogP contribution in [0.3, 0.4) is 0 Å². The van der Waals surface area contributed by atoms with Gasteiger partial charge in [0.05, 0.1) is 25.7 Å². The van der Waals surface area contributed by atoms with E-state index in [2.05, 4.69) is 17.6 Å². The zero-order chi connectivity index (χ0) is 13.4. The highest BCUT2D eigenvalue weighted by Crippen LogP contribution is 2.09. The fraction of sp³-hybridized carbons (Fsp3) is 0.538. The number of methoxy groups -OCH3 is 1. The van der Waals surface area contributed by atoms with Gasteiger partial charge in [-0.15, -0.1) is 0 Å². The van der Waals surface area contributed by atoms with E-state index < -0.39 is 0 Å². The molecule has 0 saturated heterocycles. The fourth-order valence-electron chi connectivity index (χ4n) is 1.71. The highest BCUT2D eigenvalue weighted by atomic mass is 16.5. The number of imidazole rings is 1. The van der Waals surface area contributed by atoms with E-state index in [4.69, 9.17) is 4.74 Å². The number of aryl methyl sites for hydroxylation is 1. The minimum Gasteiger partial charge on any atom is -0.466 e. The van der Waals surface area contributed by atoms with Crippen molar-refractivity contribution in [1.82, 2.24) is 9.55 Å². The molecule has 5 nitrogen and oxygen atoms in total. The van der Waals surface area contributed by atoms with Crippen LogP contribution in [0.1, 0.15) is 25.5 Å². The van der Waals surface area contributed by atoms with Crippen LogP contribution in [0.25, 0.3) is 0 Å². The lowest BCUT2D eigenvalue weighted by Crippen LogP contribution is -2.49. The fourth-order valence-corrected chi connectivity index (χ4v) is 1.71. The van der Waals surface area contributed by atoms with Crippen LogP contribution >= 0.6 is 0 Å². The lowest BCUT2D eigenvalue weighted by atomic mass is 10.1. The van der Waals surface area contributed by atoms with Crippen molar-refractivity contribution < 1.29 is 15.3 Å². The maximum absolute atomic E-state index is 11.6. The predicted octanol–water partition coefficient (Wildman–Crippen LogP) is 0.567. The largest absolute Gasteiger partial charge is 0.466 e. The quantitative estimate of drug-likeness (QED) is 0.569. The molecule has 5 heteroatoms. The first-order valence-electron chi connectivity index (χ1n) is 6.28. The molecular formula is C13H22N3O2+. The molecule has 18 heavy (non-hydrogen) atoms. The minimum absolute atomic E-state index is 0.284. The summed E-state index contributed by atoms with van der Waals surface area (Å²) in [5.74, 6) is -0.284. The van der Waals surface area contributed by atoms with Crippen LogP contribution in [0.4, 0.5) is 0 Å². The normalized spacial score (nSPS) is 11.6. The van der Waals surface area contributed by atoms with E-state index in [0.717, 1.165) is 31.6 Å². The number of nitrogens with zero attached hydrogens (tertiary/aromatic N) is 2. The molecule has 1 rings (SSSR count). The Morgan fingerprint density at radius 2 is 2.39 bits per heavy atom. The van der Waals surface area contributed by atoms with Crippen LogP contribution in [-0.4, -0.2) is 29.2 Å². The molecule has 1 heterocycles. The van der Waals surface area contributed by atoms with E-state index in [1.165, 1.54) is 7.11 Å². The molecular weight excluding hydrogens is 230 g/mol. The Balaban J connectivity index is 2.72. The number of carbonyl (C=O) groups is 1. The topological polar surface area (TPSA) is 71.8 Å². The number of esters is 1. The van der Waals surface area contributed by atoms with Crippen molar-refractivity contribution >= 4 is 5.97 Å². The van der Waals surface area contributed by atoms with Gasteiger partial charge < -0.3 is 15.0 Å². The molecule has 0 aliphatic rings.